The molecule has 0 amide bonds. The minimum absolute atomic E-state index is 0.816. The first-order valence-corrected chi connectivity index (χ1v) is 19.2. The predicted molar refractivity (Wildman–Crippen MR) is 235 cm³/mol. The van der Waals surface area contributed by atoms with Gasteiger partial charge in [0.15, 0.2) is 0 Å². The van der Waals surface area contributed by atoms with Gasteiger partial charge in [0.1, 0.15) is 11.0 Å². The van der Waals surface area contributed by atoms with Crippen LogP contribution in [0.3, 0.4) is 0 Å². The van der Waals surface area contributed by atoms with Crippen LogP contribution in [0.2, 0.25) is 0 Å². The molecule has 0 unspecified atom stereocenters. The lowest BCUT2D eigenvalue weighted by molar-refractivity contribution is 0.766. The second-order valence-corrected chi connectivity index (χ2v) is 14.2. The van der Waals surface area contributed by atoms with E-state index in [1.807, 2.05) is 12.3 Å². The van der Waals surface area contributed by atoms with E-state index < -0.39 is 0 Å². The summed E-state index contributed by atoms with van der Waals surface area (Å²) in [5.74, 6) is 0. The summed E-state index contributed by atoms with van der Waals surface area (Å²) in [5, 5.41) is 10.4. The Labute approximate surface area is 332 Å². The smallest absolute Gasteiger partial charge is 0.121 e. The van der Waals surface area contributed by atoms with Crippen LogP contribution in [0.5, 0.6) is 0 Å². The van der Waals surface area contributed by atoms with Gasteiger partial charge in [0.25, 0.3) is 0 Å². The first-order chi connectivity index (χ1) is 28.2. The van der Waals surface area contributed by atoms with Gasteiger partial charge in [-0.25, -0.2) is 0 Å². The zero-order valence-electron chi connectivity index (χ0n) is 31.1. The van der Waals surface area contributed by atoms with Crippen LogP contribution in [-0.4, -0.2) is 20.0 Å². The summed E-state index contributed by atoms with van der Waals surface area (Å²) in [6, 6.07) is 73.0. The van der Waals surface area contributed by atoms with Crippen molar-refractivity contribution >= 4 is 11.0 Å². The van der Waals surface area contributed by atoms with Crippen LogP contribution >= 0.6 is 0 Å². The minimum atomic E-state index is 0.816. The fourth-order valence-electron chi connectivity index (χ4n) is 7.61. The topological polar surface area (TPSA) is 43.6 Å². The lowest BCUT2D eigenvalue weighted by atomic mass is 9.90. The third-order valence-corrected chi connectivity index (χ3v) is 10.5. The summed E-state index contributed by atoms with van der Waals surface area (Å²) in [4.78, 5) is 6.07. The molecule has 4 nitrogen and oxygen atoms in total. The third kappa shape index (κ3) is 6.93. The van der Waals surface area contributed by atoms with Gasteiger partial charge in [-0.15, -0.1) is 10.2 Å². The van der Waals surface area contributed by atoms with Gasteiger partial charge in [-0.05, 0) is 139 Å². The molecule has 0 bridgehead atoms. The van der Waals surface area contributed by atoms with Crippen LogP contribution in [0.15, 0.2) is 219 Å². The highest BCUT2D eigenvalue weighted by atomic mass is 15.5. The standard InChI is InChI=1S/C53H36N4/c1-5-14-37(15-6-1)43-28-44(38-16-7-2-8-17-38)31-47(30-43)48-34-51(49-32-45(39-18-9-3-10-19-39)29-46(33-49)40-20-11-4-12-21-40)53-52(35-48)55-57(56-53)50-25-23-41(24-26-50)42-22-13-27-54-36-42/h1-36H. The molecule has 0 spiro atoms. The number of aromatic nitrogens is 4. The van der Waals surface area contributed by atoms with Gasteiger partial charge in [0, 0.05) is 18.0 Å². The Hall–Kier alpha value is -7.69. The van der Waals surface area contributed by atoms with Crippen LogP contribution < -0.4 is 0 Å². The van der Waals surface area contributed by atoms with Gasteiger partial charge < -0.3 is 0 Å². The second kappa shape index (κ2) is 14.9. The number of hydrogen-bond donors (Lipinski definition) is 0. The van der Waals surface area contributed by atoms with Crippen molar-refractivity contribution in [2.24, 2.45) is 0 Å². The van der Waals surface area contributed by atoms with Crippen molar-refractivity contribution in [3.8, 4) is 83.6 Å². The molecule has 0 saturated heterocycles. The molecule has 2 heterocycles. The number of benzene rings is 8. The lowest BCUT2D eigenvalue weighted by Crippen LogP contribution is -1.98. The molecule has 0 N–H and O–H groups in total. The molecular weight excluding hydrogens is 693 g/mol. The van der Waals surface area contributed by atoms with E-state index in [1.165, 1.54) is 11.1 Å². The molecule has 0 radical (unpaired) electrons. The van der Waals surface area contributed by atoms with E-state index in [2.05, 4.69) is 205 Å². The molecule has 10 rings (SSSR count). The van der Waals surface area contributed by atoms with E-state index >= 15 is 0 Å². The molecule has 10 aromatic rings. The van der Waals surface area contributed by atoms with Crippen molar-refractivity contribution < 1.29 is 0 Å². The van der Waals surface area contributed by atoms with Crippen molar-refractivity contribution in [1.29, 1.82) is 0 Å². The molecular formula is C53H36N4. The zero-order valence-corrected chi connectivity index (χ0v) is 31.1. The van der Waals surface area contributed by atoms with E-state index in [9.17, 15) is 0 Å². The van der Waals surface area contributed by atoms with Gasteiger partial charge in [-0.3, -0.25) is 4.98 Å². The summed E-state index contributed by atoms with van der Waals surface area (Å²) in [6.07, 6.45) is 3.67. The van der Waals surface area contributed by atoms with E-state index in [-0.39, 0.29) is 0 Å². The molecule has 0 atom stereocenters. The molecule has 0 aliphatic heterocycles. The lowest BCUT2D eigenvalue weighted by Gasteiger charge is -2.14. The molecule has 4 heteroatoms. The molecule has 0 saturated carbocycles. The Morgan fingerprint density at radius 3 is 1.16 bits per heavy atom. The Balaban J connectivity index is 1.20. The number of nitrogens with zero attached hydrogens (tertiary/aromatic N) is 4. The molecule has 8 aromatic carbocycles. The Morgan fingerprint density at radius 1 is 0.298 bits per heavy atom. The highest BCUT2D eigenvalue weighted by Gasteiger charge is 2.18. The van der Waals surface area contributed by atoms with Gasteiger partial charge in [0.2, 0.25) is 0 Å². The Morgan fingerprint density at radius 2 is 0.702 bits per heavy atom. The molecule has 0 aliphatic carbocycles. The van der Waals surface area contributed by atoms with Crippen molar-refractivity contribution in [3.05, 3.63) is 219 Å². The SMILES string of the molecule is c1ccc(-c2cc(-c3ccccc3)cc(-c3cc(-c4cc(-c5ccccc5)cc(-c5ccccc5)c4)c4nn(-c5ccc(-c6cccnc6)cc5)nc4c3)c2)cc1. The zero-order chi connectivity index (χ0) is 38.0. The van der Waals surface area contributed by atoms with Gasteiger partial charge >= 0.3 is 0 Å². The quantitative estimate of drug-likeness (QED) is 0.156. The summed E-state index contributed by atoms with van der Waals surface area (Å²) in [5.41, 5.74) is 18.2. The van der Waals surface area contributed by atoms with Gasteiger partial charge in [-0.1, -0.05) is 140 Å². The fraction of sp³-hybridized carbons (Fsp3) is 0. The summed E-state index contributed by atoms with van der Waals surface area (Å²) in [6.45, 7) is 0. The number of hydrogen-bond acceptors (Lipinski definition) is 3. The van der Waals surface area contributed by atoms with Crippen LogP contribution in [-0.2, 0) is 0 Å². The summed E-state index contributed by atoms with van der Waals surface area (Å²) in [7, 11) is 0. The maximum absolute atomic E-state index is 5.22. The fourth-order valence-corrected chi connectivity index (χ4v) is 7.61. The van der Waals surface area contributed by atoms with E-state index in [0.29, 0.717) is 0 Å². The summed E-state index contributed by atoms with van der Waals surface area (Å²) < 4.78 is 0. The predicted octanol–water partition coefficient (Wildman–Crippen LogP) is 13.5. The summed E-state index contributed by atoms with van der Waals surface area (Å²) >= 11 is 0. The second-order valence-electron chi connectivity index (χ2n) is 14.2. The molecule has 0 fully saturated rings. The van der Waals surface area contributed by atoms with Crippen LogP contribution in [0.1, 0.15) is 0 Å². The monoisotopic (exact) mass is 728 g/mol. The van der Waals surface area contributed by atoms with Crippen molar-refractivity contribution in [1.82, 2.24) is 20.0 Å². The molecule has 268 valence electrons. The highest BCUT2D eigenvalue weighted by molar-refractivity contribution is 5.98. The largest absolute Gasteiger partial charge is 0.264 e. The van der Waals surface area contributed by atoms with Crippen molar-refractivity contribution in [2.75, 3.05) is 0 Å². The molecule has 0 aliphatic rings. The number of pyridine rings is 1. The van der Waals surface area contributed by atoms with Crippen molar-refractivity contribution in [2.45, 2.75) is 0 Å². The van der Waals surface area contributed by atoms with E-state index in [0.717, 1.165) is 83.5 Å². The number of fused-ring (bicyclic) bond motifs is 1. The highest BCUT2D eigenvalue weighted by Crippen LogP contribution is 2.40. The average molecular weight is 729 g/mol. The first kappa shape index (κ1) is 33.8. The maximum Gasteiger partial charge on any atom is 0.121 e. The third-order valence-electron chi connectivity index (χ3n) is 10.5. The first-order valence-electron chi connectivity index (χ1n) is 19.2. The van der Waals surface area contributed by atoms with Gasteiger partial charge in [-0.2, -0.15) is 4.80 Å². The van der Waals surface area contributed by atoms with E-state index in [1.54, 1.807) is 11.0 Å². The Kier molecular flexibility index (Phi) is 8.82. The van der Waals surface area contributed by atoms with Crippen LogP contribution in [0.25, 0.3) is 94.6 Å². The van der Waals surface area contributed by atoms with E-state index in [4.69, 9.17) is 10.2 Å². The Bertz CT molecular complexity index is 2840. The maximum atomic E-state index is 5.22. The van der Waals surface area contributed by atoms with Crippen LogP contribution in [0, 0.1) is 0 Å². The molecule has 57 heavy (non-hydrogen) atoms. The van der Waals surface area contributed by atoms with Crippen molar-refractivity contribution in [3.63, 3.8) is 0 Å². The molecule has 2 aromatic heterocycles. The van der Waals surface area contributed by atoms with Crippen LogP contribution in [0.4, 0.5) is 0 Å². The minimum Gasteiger partial charge on any atom is -0.264 e. The van der Waals surface area contributed by atoms with Gasteiger partial charge in [0.05, 0.1) is 5.69 Å². The normalized spacial score (nSPS) is 11.2. The average Bonchev–Trinajstić information content (AvgIpc) is 3.74. The number of rotatable bonds is 8.